The fraction of sp³-hybridized carbons (Fsp3) is 0.250. The Labute approximate surface area is 164 Å². The van der Waals surface area contributed by atoms with Crippen molar-refractivity contribution in [1.29, 1.82) is 0 Å². The summed E-state index contributed by atoms with van der Waals surface area (Å²) in [5.41, 5.74) is 2.80. The number of fused-ring (bicyclic) bond motifs is 1. The summed E-state index contributed by atoms with van der Waals surface area (Å²) >= 11 is 0. The van der Waals surface area contributed by atoms with Crippen LogP contribution < -0.4 is 20.1 Å². The van der Waals surface area contributed by atoms with Crippen molar-refractivity contribution in [2.45, 2.75) is 18.2 Å². The van der Waals surface area contributed by atoms with Crippen molar-refractivity contribution in [3.8, 4) is 11.5 Å². The van der Waals surface area contributed by atoms with E-state index in [1.807, 2.05) is 6.07 Å². The van der Waals surface area contributed by atoms with E-state index in [9.17, 15) is 13.2 Å². The Kier molecular flexibility index (Phi) is 5.60. The van der Waals surface area contributed by atoms with Gasteiger partial charge in [-0.25, -0.2) is 8.42 Å². The molecule has 0 aliphatic carbocycles. The zero-order valence-corrected chi connectivity index (χ0v) is 16.7. The van der Waals surface area contributed by atoms with Crippen LogP contribution >= 0.6 is 0 Å². The zero-order chi connectivity index (χ0) is 20.3. The lowest BCUT2D eigenvalue weighted by atomic mass is 9.98. The van der Waals surface area contributed by atoms with Crippen LogP contribution in [0.25, 0.3) is 5.70 Å². The normalized spacial score (nSPS) is 14.8. The summed E-state index contributed by atoms with van der Waals surface area (Å²) in [7, 11) is -0.587. The van der Waals surface area contributed by atoms with Gasteiger partial charge < -0.3 is 20.1 Å². The summed E-state index contributed by atoms with van der Waals surface area (Å²) in [6, 6.07) is 9.71. The third kappa shape index (κ3) is 4.12. The number of nitrogens with one attached hydrogen (secondary N) is 2. The molecule has 28 heavy (non-hydrogen) atoms. The van der Waals surface area contributed by atoms with Crippen molar-refractivity contribution < 1.29 is 22.7 Å². The highest BCUT2D eigenvalue weighted by molar-refractivity contribution is 7.94. The average Bonchev–Trinajstić information content (AvgIpc) is 2.67. The number of hydrogen-bond donors (Lipinski definition) is 2. The van der Waals surface area contributed by atoms with Gasteiger partial charge in [0.25, 0.3) is 0 Å². The van der Waals surface area contributed by atoms with Crippen molar-refractivity contribution in [1.82, 2.24) is 5.32 Å². The molecule has 0 saturated heterocycles. The van der Waals surface area contributed by atoms with Gasteiger partial charge in [-0.15, -0.1) is 0 Å². The maximum Gasteiger partial charge on any atom is 0.221 e. The van der Waals surface area contributed by atoms with Crippen LogP contribution in [0.15, 0.2) is 46.7 Å². The standard InChI is InChI=1S/C20H22N2O5S/c1-13(23)22-15-4-6-16(7-5-15)28(24,25)12-18-17-11-20(27-3)19(26-2)10-14(17)8-9-21-18/h4-7,10-12,21H,8-9H2,1-3H3,(H,22,23). The maximum atomic E-state index is 12.9. The molecule has 2 aromatic carbocycles. The summed E-state index contributed by atoms with van der Waals surface area (Å²) in [5.74, 6) is 0.928. The minimum absolute atomic E-state index is 0.142. The minimum Gasteiger partial charge on any atom is -0.493 e. The summed E-state index contributed by atoms with van der Waals surface area (Å²) in [6.07, 6.45) is 0.748. The second-order valence-corrected chi connectivity index (χ2v) is 8.12. The van der Waals surface area contributed by atoms with Gasteiger partial charge in [0, 0.05) is 24.7 Å². The third-order valence-corrected chi connectivity index (χ3v) is 5.86. The Morgan fingerprint density at radius 3 is 2.36 bits per heavy atom. The van der Waals surface area contributed by atoms with Crippen LogP contribution in [0.3, 0.4) is 0 Å². The van der Waals surface area contributed by atoms with Gasteiger partial charge in [-0.1, -0.05) is 0 Å². The van der Waals surface area contributed by atoms with Crippen LogP contribution in [-0.4, -0.2) is 35.1 Å². The molecule has 0 unspecified atom stereocenters. The Hall–Kier alpha value is -3.00. The summed E-state index contributed by atoms with van der Waals surface area (Å²) < 4.78 is 36.4. The number of benzene rings is 2. The van der Waals surface area contributed by atoms with E-state index in [0.717, 1.165) is 17.5 Å². The molecule has 3 rings (SSSR count). The van der Waals surface area contributed by atoms with E-state index in [-0.39, 0.29) is 10.8 Å². The van der Waals surface area contributed by atoms with Crippen molar-refractivity contribution in [2.24, 2.45) is 0 Å². The van der Waals surface area contributed by atoms with E-state index in [2.05, 4.69) is 10.6 Å². The highest BCUT2D eigenvalue weighted by Crippen LogP contribution is 2.35. The van der Waals surface area contributed by atoms with Gasteiger partial charge in [-0.2, -0.15) is 0 Å². The van der Waals surface area contributed by atoms with Crippen LogP contribution in [0.5, 0.6) is 11.5 Å². The lowest BCUT2D eigenvalue weighted by Crippen LogP contribution is -2.23. The van der Waals surface area contributed by atoms with Crippen molar-refractivity contribution in [3.05, 3.63) is 52.9 Å². The molecule has 8 heteroatoms. The Morgan fingerprint density at radius 1 is 1.11 bits per heavy atom. The van der Waals surface area contributed by atoms with Crippen molar-refractivity contribution in [2.75, 3.05) is 26.1 Å². The van der Waals surface area contributed by atoms with Crippen molar-refractivity contribution >= 4 is 27.1 Å². The molecule has 0 fully saturated rings. The molecule has 1 amide bonds. The SMILES string of the molecule is COc1cc2c(cc1OC)C(=CS(=O)(=O)c1ccc(NC(C)=O)cc1)NCC2. The lowest BCUT2D eigenvalue weighted by Gasteiger charge is -2.23. The topological polar surface area (TPSA) is 93.7 Å². The molecule has 2 aromatic rings. The number of ether oxygens (including phenoxy) is 2. The van der Waals surface area contributed by atoms with Gasteiger partial charge >= 0.3 is 0 Å². The molecule has 0 spiro atoms. The molecule has 0 atom stereocenters. The van der Waals surface area contributed by atoms with Gasteiger partial charge in [-0.05, 0) is 48.4 Å². The number of carbonyl (C=O) groups excluding carboxylic acids is 1. The molecule has 0 aromatic heterocycles. The van der Waals surface area contributed by atoms with E-state index in [4.69, 9.17) is 9.47 Å². The maximum absolute atomic E-state index is 12.9. The molecule has 7 nitrogen and oxygen atoms in total. The molecule has 0 saturated carbocycles. The molecule has 1 aliphatic rings. The first kappa shape index (κ1) is 19.8. The number of amides is 1. The molecular weight excluding hydrogens is 380 g/mol. The second-order valence-electron chi connectivity index (χ2n) is 6.32. The molecule has 148 valence electrons. The minimum atomic E-state index is -3.69. The first-order chi connectivity index (χ1) is 13.3. The number of carbonyl (C=O) groups is 1. The first-order valence-corrected chi connectivity index (χ1v) is 10.2. The number of anilines is 1. The zero-order valence-electron chi connectivity index (χ0n) is 15.9. The Balaban J connectivity index is 1.98. The number of rotatable bonds is 5. The number of sulfone groups is 1. The first-order valence-electron chi connectivity index (χ1n) is 8.67. The number of hydrogen-bond acceptors (Lipinski definition) is 6. The molecule has 0 bridgehead atoms. The van der Waals surface area contributed by atoms with Gasteiger partial charge in [-0.3, -0.25) is 4.79 Å². The van der Waals surface area contributed by atoms with Gasteiger partial charge in [0.05, 0.1) is 30.2 Å². The van der Waals surface area contributed by atoms with Gasteiger partial charge in [0.15, 0.2) is 11.5 Å². The molecule has 1 aliphatic heterocycles. The Bertz CT molecular complexity index is 1030. The molecule has 2 N–H and O–H groups in total. The summed E-state index contributed by atoms with van der Waals surface area (Å²) in [6.45, 7) is 2.01. The van der Waals surface area contributed by atoms with Gasteiger partial charge in [0.1, 0.15) is 0 Å². The van der Waals surface area contributed by atoms with E-state index in [1.54, 1.807) is 25.3 Å². The molecule has 1 heterocycles. The molecule has 0 radical (unpaired) electrons. The second kappa shape index (κ2) is 7.93. The average molecular weight is 402 g/mol. The predicted octanol–water partition coefficient (Wildman–Crippen LogP) is 2.58. The van der Waals surface area contributed by atoms with E-state index < -0.39 is 9.84 Å². The fourth-order valence-corrected chi connectivity index (χ4v) is 4.24. The summed E-state index contributed by atoms with van der Waals surface area (Å²) in [4.78, 5) is 11.2. The third-order valence-electron chi connectivity index (χ3n) is 4.39. The van der Waals surface area contributed by atoms with Crippen LogP contribution in [0.2, 0.25) is 0 Å². The monoisotopic (exact) mass is 402 g/mol. The quantitative estimate of drug-likeness (QED) is 0.798. The Morgan fingerprint density at radius 2 is 1.75 bits per heavy atom. The van der Waals surface area contributed by atoms with Crippen molar-refractivity contribution in [3.63, 3.8) is 0 Å². The smallest absolute Gasteiger partial charge is 0.221 e. The van der Waals surface area contributed by atoms with Crippen LogP contribution in [0, 0.1) is 0 Å². The highest BCUT2D eigenvalue weighted by Gasteiger charge is 2.21. The van der Waals surface area contributed by atoms with Crippen LogP contribution in [0.1, 0.15) is 18.1 Å². The van der Waals surface area contributed by atoms with E-state index in [0.29, 0.717) is 29.4 Å². The van der Waals surface area contributed by atoms with Crippen LogP contribution in [0.4, 0.5) is 5.69 Å². The fourth-order valence-electron chi connectivity index (χ4n) is 3.07. The largest absolute Gasteiger partial charge is 0.493 e. The predicted molar refractivity (Wildman–Crippen MR) is 107 cm³/mol. The molecular formula is C20H22N2O5S. The van der Waals surface area contributed by atoms with E-state index >= 15 is 0 Å². The lowest BCUT2D eigenvalue weighted by molar-refractivity contribution is -0.114. The van der Waals surface area contributed by atoms with E-state index in [1.165, 1.54) is 31.6 Å². The highest BCUT2D eigenvalue weighted by atomic mass is 32.2. The van der Waals surface area contributed by atoms with Crippen LogP contribution in [-0.2, 0) is 21.1 Å². The van der Waals surface area contributed by atoms with Gasteiger partial charge in [0.2, 0.25) is 15.7 Å². The number of methoxy groups -OCH3 is 2. The summed E-state index contributed by atoms with van der Waals surface area (Å²) in [5, 5.41) is 7.00.